The van der Waals surface area contributed by atoms with Crippen molar-refractivity contribution in [2.24, 2.45) is 4.99 Å². The summed E-state index contributed by atoms with van der Waals surface area (Å²) in [6, 6.07) is 0. The van der Waals surface area contributed by atoms with Crippen LogP contribution < -0.4 is 10.6 Å². The number of nitrogens with zero attached hydrogens (tertiary/aromatic N) is 1. The molecule has 5 nitrogen and oxygen atoms in total. The summed E-state index contributed by atoms with van der Waals surface area (Å²) in [6.07, 6.45) is 2.03. The van der Waals surface area contributed by atoms with Gasteiger partial charge in [-0.25, -0.2) is 8.42 Å². The molecule has 0 aromatic carbocycles. The molecule has 8 heteroatoms. The van der Waals surface area contributed by atoms with Crippen molar-refractivity contribution in [2.45, 2.75) is 13.8 Å². The van der Waals surface area contributed by atoms with E-state index in [-0.39, 0.29) is 35.5 Å². The van der Waals surface area contributed by atoms with Crippen LogP contribution in [0.3, 0.4) is 0 Å². The zero-order chi connectivity index (χ0) is 13.1. The average Bonchev–Trinajstić information content (AvgIpc) is 2.29. The van der Waals surface area contributed by atoms with E-state index < -0.39 is 9.84 Å². The van der Waals surface area contributed by atoms with Crippen molar-refractivity contribution < 1.29 is 8.42 Å². The number of halogens is 1. The summed E-state index contributed by atoms with van der Waals surface area (Å²) in [6.45, 7) is 5.55. The Morgan fingerprint density at radius 1 is 1.28 bits per heavy atom. The highest BCUT2D eigenvalue weighted by atomic mass is 127. The van der Waals surface area contributed by atoms with Crippen LogP contribution in [0.5, 0.6) is 0 Å². The van der Waals surface area contributed by atoms with Gasteiger partial charge in [0.15, 0.2) is 15.8 Å². The molecule has 0 heterocycles. The molecule has 0 fully saturated rings. The summed E-state index contributed by atoms with van der Waals surface area (Å²) in [4.78, 5) is 4.33. The van der Waals surface area contributed by atoms with E-state index in [1.54, 1.807) is 18.7 Å². The van der Waals surface area contributed by atoms with Crippen LogP contribution in [0, 0.1) is 0 Å². The van der Waals surface area contributed by atoms with Gasteiger partial charge in [0.05, 0.1) is 12.3 Å². The van der Waals surface area contributed by atoms with Crippen LogP contribution in [0.2, 0.25) is 0 Å². The fourth-order valence-electron chi connectivity index (χ4n) is 1.06. The molecule has 0 saturated carbocycles. The van der Waals surface area contributed by atoms with Crippen LogP contribution >= 0.6 is 35.7 Å². The minimum atomic E-state index is -2.90. The SMILES string of the molecule is CCNC(=NCCSC)NCCS(=O)(=O)CC.I. The Balaban J connectivity index is 0. The van der Waals surface area contributed by atoms with Crippen LogP contribution in [0.25, 0.3) is 0 Å². The Bertz CT molecular complexity index is 321. The number of thioether (sulfide) groups is 1. The molecule has 0 unspecified atom stereocenters. The van der Waals surface area contributed by atoms with Gasteiger partial charge in [0.1, 0.15) is 0 Å². The molecule has 0 rings (SSSR count). The summed E-state index contributed by atoms with van der Waals surface area (Å²) in [5.41, 5.74) is 0. The average molecular weight is 409 g/mol. The molecule has 0 aromatic rings. The number of aliphatic imine (C=N–C) groups is 1. The molecule has 18 heavy (non-hydrogen) atoms. The molecule has 0 radical (unpaired) electrons. The van der Waals surface area contributed by atoms with E-state index >= 15 is 0 Å². The van der Waals surface area contributed by atoms with Crippen molar-refractivity contribution >= 4 is 51.5 Å². The molecular weight excluding hydrogens is 385 g/mol. The summed E-state index contributed by atoms with van der Waals surface area (Å²) >= 11 is 1.73. The lowest BCUT2D eigenvalue weighted by atomic mass is 10.6. The maximum Gasteiger partial charge on any atom is 0.191 e. The molecule has 0 aliphatic rings. The van der Waals surface area contributed by atoms with E-state index in [0.29, 0.717) is 12.5 Å². The first-order valence-electron chi connectivity index (χ1n) is 5.77. The highest BCUT2D eigenvalue weighted by Gasteiger charge is 2.06. The van der Waals surface area contributed by atoms with Crippen LogP contribution in [-0.2, 0) is 9.84 Å². The van der Waals surface area contributed by atoms with E-state index in [1.807, 2.05) is 13.2 Å². The third kappa shape index (κ3) is 11.4. The Labute approximate surface area is 132 Å². The maximum absolute atomic E-state index is 11.3. The maximum atomic E-state index is 11.3. The predicted octanol–water partition coefficient (Wildman–Crippen LogP) is 0.957. The van der Waals surface area contributed by atoms with Gasteiger partial charge in [-0.3, -0.25) is 4.99 Å². The smallest absolute Gasteiger partial charge is 0.191 e. The highest BCUT2D eigenvalue weighted by molar-refractivity contribution is 14.0. The fourth-order valence-corrected chi connectivity index (χ4v) is 2.04. The van der Waals surface area contributed by atoms with E-state index in [1.165, 1.54) is 0 Å². The standard InChI is InChI=1S/C10H23N3O2S2.HI/c1-4-11-10(12-6-8-16-3)13-7-9-17(14,15)5-2;/h4-9H2,1-3H3,(H2,11,12,13);1H. The Kier molecular flexibility index (Phi) is 14.1. The topological polar surface area (TPSA) is 70.6 Å². The molecule has 0 spiro atoms. The molecule has 0 aliphatic carbocycles. The van der Waals surface area contributed by atoms with Gasteiger partial charge < -0.3 is 10.6 Å². The van der Waals surface area contributed by atoms with E-state index in [9.17, 15) is 8.42 Å². The van der Waals surface area contributed by atoms with Gasteiger partial charge in [-0.15, -0.1) is 24.0 Å². The largest absolute Gasteiger partial charge is 0.357 e. The van der Waals surface area contributed by atoms with Crippen molar-refractivity contribution in [3.05, 3.63) is 0 Å². The van der Waals surface area contributed by atoms with Gasteiger partial charge in [-0.1, -0.05) is 6.92 Å². The molecule has 0 bridgehead atoms. The first kappa shape index (κ1) is 20.6. The molecule has 2 N–H and O–H groups in total. The van der Waals surface area contributed by atoms with Gasteiger partial charge in [0.25, 0.3) is 0 Å². The van der Waals surface area contributed by atoms with Crippen LogP contribution in [0.15, 0.2) is 4.99 Å². The van der Waals surface area contributed by atoms with Crippen molar-refractivity contribution in [3.8, 4) is 0 Å². The second-order valence-corrected chi connectivity index (χ2v) is 6.87. The van der Waals surface area contributed by atoms with Gasteiger partial charge >= 0.3 is 0 Å². The number of guanidine groups is 1. The molecule has 0 atom stereocenters. The van der Waals surface area contributed by atoms with Crippen molar-refractivity contribution in [1.29, 1.82) is 0 Å². The zero-order valence-electron chi connectivity index (χ0n) is 11.2. The highest BCUT2D eigenvalue weighted by Crippen LogP contribution is 1.90. The van der Waals surface area contributed by atoms with Gasteiger partial charge in [-0.05, 0) is 13.2 Å². The first-order valence-corrected chi connectivity index (χ1v) is 8.98. The number of rotatable bonds is 8. The lowest BCUT2D eigenvalue weighted by molar-refractivity contribution is 0.596. The van der Waals surface area contributed by atoms with Crippen molar-refractivity contribution in [3.63, 3.8) is 0 Å². The molecule has 0 saturated heterocycles. The number of hydrogen-bond acceptors (Lipinski definition) is 4. The van der Waals surface area contributed by atoms with Gasteiger partial charge in [0.2, 0.25) is 0 Å². The summed E-state index contributed by atoms with van der Waals surface area (Å²) in [7, 11) is -2.90. The fraction of sp³-hybridized carbons (Fsp3) is 0.900. The van der Waals surface area contributed by atoms with E-state index in [4.69, 9.17) is 0 Å². The van der Waals surface area contributed by atoms with E-state index in [0.717, 1.165) is 18.8 Å². The molecule has 0 aromatic heterocycles. The number of hydrogen-bond donors (Lipinski definition) is 2. The van der Waals surface area contributed by atoms with E-state index in [2.05, 4.69) is 15.6 Å². The Morgan fingerprint density at radius 2 is 1.94 bits per heavy atom. The van der Waals surface area contributed by atoms with Crippen molar-refractivity contribution in [1.82, 2.24) is 10.6 Å². The molecular formula is C10H24IN3O2S2. The minimum Gasteiger partial charge on any atom is -0.357 e. The molecule has 110 valence electrons. The summed E-state index contributed by atoms with van der Waals surface area (Å²) in [5.74, 6) is 1.99. The lowest BCUT2D eigenvalue weighted by Crippen LogP contribution is -2.39. The second kappa shape index (κ2) is 12.3. The van der Waals surface area contributed by atoms with Gasteiger partial charge in [-0.2, -0.15) is 11.8 Å². The van der Waals surface area contributed by atoms with Crippen LogP contribution in [0.4, 0.5) is 0 Å². The molecule has 0 aliphatic heterocycles. The third-order valence-electron chi connectivity index (χ3n) is 2.05. The number of sulfone groups is 1. The normalized spacial score (nSPS) is 11.8. The first-order chi connectivity index (χ1) is 8.05. The van der Waals surface area contributed by atoms with Crippen molar-refractivity contribution in [2.75, 3.05) is 43.1 Å². The van der Waals surface area contributed by atoms with Crippen LogP contribution in [-0.4, -0.2) is 57.5 Å². The monoisotopic (exact) mass is 409 g/mol. The minimum absolute atomic E-state index is 0. The Hall–Kier alpha value is 0.300. The lowest BCUT2D eigenvalue weighted by Gasteiger charge is -2.10. The van der Waals surface area contributed by atoms with Gasteiger partial charge in [0, 0.05) is 24.6 Å². The van der Waals surface area contributed by atoms with Crippen LogP contribution in [0.1, 0.15) is 13.8 Å². The predicted molar refractivity (Wildman–Crippen MR) is 92.1 cm³/mol. The molecule has 0 amide bonds. The summed E-state index contributed by atoms with van der Waals surface area (Å²) in [5, 5.41) is 6.10. The zero-order valence-corrected chi connectivity index (χ0v) is 15.2. The summed E-state index contributed by atoms with van der Waals surface area (Å²) < 4.78 is 22.6. The second-order valence-electron chi connectivity index (χ2n) is 3.42. The quantitative estimate of drug-likeness (QED) is 0.271. The number of nitrogens with one attached hydrogen (secondary N) is 2. The third-order valence-corrected chi connectivity index (χ3v) is 4.35. The Morgan fingerprint density at radius 3 is 2.44 bits per heavy atom.